The average molecular weight is 806 g/mol. The second-order valence-corrected chi connectivity index (χ2v) is 16.4. The fraction of sp³-hybridized carbons (Fsp3) is 0.850. The Hall–Kier alpha value is -2.19. The summed E-state index contributed by atoms with van der Waals surface area (Å²) in [5.74, 6) is -3.23. The first kappa shape index (κ1) is 50.8. The molecule has 320 valence electrons. The predicted molar refractivity (Wildman–Crippen MR) is 209 cm³/mol. The molecule has 0 heterocycles. The van der Waals surface area contributed by atoms with Crippen LogP contribution in [0.1, 0.15) is 162 Å². The molecule has 14 nitrogen and oxygen atoms in total. The number of aliphatic hydroxyl groups excluding tert-OH is 2. The highest BCUT2D eigenvalue weighted by Gasteiger charge is 2.39. The standard InChI is InChI=1S/C40H72NO13P/c1-3-5-7-8-9-10-11-12-13-14-19-23-38(45)51-28-32(29-52-55(49,50)53-30-35(41)40(47)48)54-39(46)24-20-16-15-18-22-33-34(37(44)27-36(33)43)26-25-31(42)21-17-6-4-2/h25-26,31-36,42-43H,3-24,27-30,41H2,1-2H3,(H,47,48)(H,49,50)/b26-25+/t31-,32+,33+,34+,35-,36-/m0/s1. The molecule has 0 radical (unpaired) electrons. The Morgan fingerprint density at radius 1 is 0.800 bits per heavy atom. The highest BCUT2D eigenvalue weighted by Crippen LogP contribution is 2.43. The first-order chi connectivity index (χ1) is 26.3. The zero-order valence-corrected chi connectivity index (χ0v) is 34.4. The topological polar surface area (TPSA) is 229 Å². The molecule has 1 aliphatic carbocycles. The van der Waals surface area contributed by atoms with Gasteiger partial charge in [0.15, 0.2) is 6.10 Å². The Kier molecular flexibility index (Phi) is 28.5. The van der Waals surface area contributed by atoms with E-state index in [4.69, 9.17) is 24.8 Å². The lowest BCUT2D eigenvalue weighted by Crippen LogP contribution is -2.34. The van der Waals surface area contributed by atoms with Crippen LogP contribution in [-0.4, -0.2) is 88.1 Å². The molecule has 0 aliphatic heterocycles. The smallest absolute Gasteiger partial charge is 0.472 e. The van der Waals surface area contributed by atoms with Crippen molar-refractivity contribution in [2.45, 2.75) is 186 Å². The maximum absolute atomic E-state index is 12.7. The molecule has 0 bridgehead atoms. The number of hydrogen-bond acceptors (Lipinski definition) is 12. The number of phosphoric acid groups is 1. The zero-order valence-electron chi connectivity index (χ0n) is 33.5. The first-order valence-corrected chi connectivity index (χ1v) is 22.3. The molecule has 0 aromatic rings. The Morgan fingerprint density at radius 3 is 1.93 bits per heavy atom. The first-order valence-electron chi connectivity index (χ1n) is 20.8. The molecule has 6 N–H and O–H groups in total. The van der Waals surface area contributed by atoms with E-state index in [2.05, 4.69) is 18.4 Å². The van der Waals surface area contributed by atoms with Crippen LogP contribution in [0.3, 0.4) is 0 Å². The maximum atomic E-state index is 12.7. The number of aliphatic carboxylic acids is 1. The minimum absolute atomic E-state index is 0.0236. The highest BCUT2D eigenvalue weighted by molar-refractivity contribution is 7.47. The normalized spacial score (nSPS) is 20.0. The molecular formula is C40H72NO13P. The third-order valence-electron chi connectivity index (χ3n) is 9.92. The van der Waals surface area contributed by atoms with Crippen molar-refractivity contribution < 1.29 is 62.5 Å². The van der Waals surface area contributed by atoms with E-state index in [1.165, 1.54) is 44.9 Å². The third kappa shape index (κ3) is 25.6. The van der Waals surface area contributed by atoms with Crippen LogP contribution in [-0.2, 0) is 42.3 Å². The SMILES string of the molecule is CCCCCCCCCCCCCC(=O)OC[C@H](COP(=O)(O)OC[C@H](N)C(=O)O)OC(=O)CCCCCC[C@H]1[C@@H](O)CC(=O)[C@@H]1/C=C/[C@@H](O)CCCCC. The van der Waals surface area contributed by atoms with E-state index in [-0.39, 0.29) is 31.0 Å². The van der Waals surface area contributed by atoms with Gasteiger partial charge in [-0.1, -0.05) is 129 Å². The lowest BCUT2D eigenvalue weighted by Gasteiger charge is -2.20. The Labute approximate surface area is 328 Å². The maximum Gasteiger partial charge on any atom is 0.472 e. The third-order valence-corrected chi connectivity index (χ3v) is 10.9. The second kappa shape index (κ2) is 30.9. The van der Waals surface area contributed by atoms with Gasteiger partial charge in [0.05, 0.1) is 25.4 Å². The molecule has 0 spiro atoms. The van der Waals surface area contributed by atoms with Crippen LogP contribution in [0.5, 0.6) is 0 Å². The van der Waals surface area contributed by atoms with Gasteiger partial charge in [-0.3, -0.25) is 28.2 Å². The monoisotopic (exact) mass is 805 g/mol. The number of unbranched alkanes of at least 4 members (excludes halogenated alkanes) is 15. The molecule has 1 aliphatic rings. The summed E-state index contributed by atoms with van der Waals surface area (Å²) in [5, 5.41) is 29.6. The number of ether oxygens (including phenoxy) is 2. The van der Waals surface area contributed by atoms with Crippen LogP contribution in [0.15, 0.2) is 12.2 Å². The molecule has 1 rings (SSSR count). The second-order valence-electron chi connectivity index (χ2n) is 14.9. The average Bonchev–Trinajstić information content (AvgIpc) is 3.41. The van der Waals surface area contributed by atoms with Crippen LogP contribution in [0.25, 0.3) is 0 Å². The molecule has 1 saturated carbocycles. The molecule has 7 atom stereocenters. The summed E-state index contributed by atoms with van der Waals surface area (Å²) >= 11 is 0. The van der Waals surface area contributed by atoms with Crippen LogP contribution < -0.4 is 5.73 Å². The van der Waals surface area contributed by atoms with Gasteiger partial charge in [-0.05, 0) is 31.6 Å². The minimum atomic E-state index is -4.77. The molecular weight excluding hydrogens is 733 g/mol. The number of rotatable bonds is 35. The largest absolute Gasteiger partial charge is 0.480 e. The Balaban J connectivity index is 2.51. The quantitative estimate of drug-likeness (QED) is 0.0186. The zero-order chi connectivity index (χ0) is 40.9. The van der Waals surface area contributed by atoms with Crippen molar-refractivity contribution in [1.82, 2.24) is 0 Å². The number of hydrogen-bond donors (Lipinski definition) is 5. The van der Waals surface area contributed by atoms with Gasteiger partial charge in [-0.25, -0.2) is 4.57 Å². The lowest BCUT2D eigenvalue weighted by molar-refractivity contribution is -0.161. The molecule has 0 saturated heterocycles. The number of nitrogens with two attached hydrogens (primary N) is 1. The van der Waals surface area contributed by atoms with E-state index in [0.717, 1.165) is 51.4 Å². The number of Topliss-reactive ketones (excluding diaryl/α,β-unsaturated/α-hetero) is 1. The fourth-order valence-electron chi connectivity index (χ4n) is 6.56. The van der Waals surface area contributed by atoms with Crippen LogP contribution in [0.2, 0.25) is 0 Å². The highest BCUT2D eigenvalue weighted by atomic mass is 31.2. The van der Waals surface area contributed by atoms with Crippen molar-refractivity contribution in [3.8, 4) is 0 Å². The molecule has 15 heteroatoms. The number of aliphatic hydroxyl groups is 2. The molecule has 0 aromatic carbocycles. The van der Waals surface area contributed by atoms with Gasteiger partial charge in [0.1, 0.15) is 18.4 Å². The van der Waals surface area contributed by atoms with Crippen molar-refractivity contribution in [1.29, 1.82) is 0 Å². The van der Waals surface area contributed by atoms with Crippen molar-refractivity contribution in [3.63, 3.8) is 0 Å². The van der Waals surface area contributed by atoms with Gasteiger partial charge in [0, 0.05) is 25.2 Å². The lowest BCUT2D eigenvalue weighted by atomic mass is 9.88. The van der Waals surface area contributed by atoms with E-state index in [0.29, 0.717) is 32.1 Å². The summed E-state index contributed by atoms with van der Waals surface area (Å²) in [6, 6.07) is -1.56. The summed E-state index contributed by atoms with van der Waals surface area (Å²) < 4.78 is 32.6. The van der Waals surface area contributed by atoms with E-state index in [1.807, 2.05) is 0 Å². The molecule has 55 heavy (non-hydrogen) atoms. The minimum Gasteiger partial charge on any atom is -0.480 e. The number of carbonyl (C=O) groups is 4. The van der Waals surface area contributed by atoms with E-state index < -0.39 is 75.8 Å². The molecule has 1 fully saturated rings. The van der Waals surface area contributed by atoms with Crippen LogP contribution in [0, 0.1) is 11.8 Å². The van der Waals surface area contributed by atoms with E-state index >= 15 is 0 Å². The summed E-state index contributed by atoms with van der Waals surface area (Å²) in [6.45, 7) is 2.44. The summed E-state index contributed by atoms with van der Waals surface area (Å²) in [5.41, 5.74) is 5.32. The number of esters is 2. The number of carboxylic acids is 1. The predicted octanol–water partition coefficient (Wildman–Crippen LogP) is 7.09. The van der Waals surface area contributed by atoms with Crippen molar-refractivity contribution in [3.05, 3.63) is 12.2 Å². The van der Waals surface area contributed by atoms with Crippen molar-refractivity contribution in [2.75, 3.05) is 19.8 Å². The summed E-state index contributed by atoms with van der Waals surface area (Å²) in [4.78, 5) is 58.6. The number of allylic oxidation sites excluding steroid dienone is 1. The molecule has 1 unspecified atom stereocenters. The number of carbonyl (C=O) groups excluding carboxylic acids is 3. The fourth-order valence-corrected chi connectivity index (χ4v) is 7.34. The summed E-state index contributed by atoms with van der Waals surface area (Å²) in [7, 11) is -4.77. The summed E-state index contributed by atoms with van der Waals surface area (Å²) in [6.07, 6.45) is 20.5. The van der Waals surface area contributed by atoms with Gasteiger partial charge >= 0.3 is 25.7 Å². The van der Waals surface area contributed by atoms with Gasteiger partial charge in [-0.2, -0.15) is 0 Å². The van der Waals surface area contributed by atoms with Gasteiger partial charge in [0.25, 0.3) is 0 Å². The van der Waals surface area contributed by atoms with Crippen LogP contribution in [0.4, 0.5) is 0 Å². The van der Waals surface area contributed by atoms with Gasteiger partial charge in [-0.15, -0.1) is 0 Å². The Morgan fingerprint density at radius 2 is 1.33 bits per heavy atom. The number of phosphoric ester groups is 1. The van der Waals surface area contributed by atoms with Gasteiger partial charge in [0.2, 0.25) is 0 Å². The molecule has 0 amide bonds. The van der Waals surface area contributed by atoms with E-state index in [9.17, 15) is 38.8 Å². The van der Waals surface area contributed by atoms with Crippen molar-refractivity contribution >= 4 is 31.5 Å². The van der Waals surface area contributed by atoms with Crippen molar-refractivity contribution in [2.24, 2.45) is 17.6 Å². The number of ketones is 1. The Bertz CT molecular complexity index is 1150. The molecule has 0 aromatic heterocycles. The van der Waals surface area contributed by atoms with Gasteiger partial charge < -0.3 is 35.4 Å². The number of carboxylic acid groups (broad SMARTS) is 1. The van der Waals surface area contributed by atoms with E-state index in [1.54, 1.807) is 12.2 Å². The van der Waals surface area contributed by atoms with Crippen LogP contribution >= 0.6 is 7.82 Å².